The zero-order chi connectivity index (χ0) is 11.4. The van der Waals surface area contributed by atoms with Gasteiger partial charge < -0.3 is 20.6 Å². The molecule has 1 atom stereocenters. The number of nitrogens with two attached hydrogens (primary N) is 1. The van der Waals surface area contributed by atoms with Crippen molar-refractivity contribution in [1.82, 2.24) is 4.98 Å². The predicted octanol–water partition coefficient (Wildman–Crippen LogP) is 0.242. The zero-order valence-corrected chi connectivity index (χ0v) is 7.91. The highest BCUT2D eigenvalue weighted by Gasteiger charge is 2.19. The average Bonchev–Trinajstić information content (AvgIpc) is 2.18. The summed E-state index contributed by atoms with van der Waals surface area (Å²) in [5, 5.41) is 10.5. The van der Waals surface area contributed by atoms with Gasteiger partial charge in [-0.3, -0.25) is 4.79 Å². The maximum Gasteiger partial charge on any atom is 0.406 e. The van der Waals surface area contributed by atoms with Crippen LogP contribution in [0.25, 0.3) is 0 Å². The Labute approximate surface area is 85.0 Å². The van der Waals surface area contributed by atoms with Gasteiger partial charge in [0.15, 0.2) is 6.10 Å². The molecular weight excluding hydrogens is 202 g/mol. The molecule has 0 bridgehead atoms. The van der Waals surface area contributed by atoms with Gasteiger partial charge in [0.25, 0.3) is 5.91 Å². The minimum Gasteiger partial charge on any atom is -0.473 e. The van der Waals surface area contributed by atoms with Crippen molar-refractivity contribution < 1.29 is 14.5 Å². The van der Waals surface area contributed by atoms with Gasteiger partial charge in [-0.25, -0.2) is 0 Å². The van der Waals surface area contributed by atoms with Crippen LogP contribution in [0.3, 0.4) is 0 Å². The van der Waals surface area contributed by atoms with Crippen molar-refractivity contribution in [2.24, 2.45) is 5.73 Å². The highest BCUT2D eigenvalue weighted by atomic mass is 16.6. The van der Waals surface area contributed by atoms with E-state index in [0.717, 1.165) is 0 Å². The molecule has 15 heavy (non-hydrogen) atoms. The molecule has 0 radical (unpaired) electrons. The SMILES string of the molecule is CC(Oc1cccnc1[N+](=O)[O-])C(N)=O. The molecule has 7 heteroatoms. The van der Waals surface area contributed by atoms with E-state index in [4.69, 9.17) is 10.5 Å². The number of carbonyl (C=O) groups is 1. The zero-order valence-electron chi connectivity index (χ0n) is 7.91. The van der Waals surface area contributed by atoms with Gasteiger partial charge in [-0.1, -0.05) is 0 Å². The van der Waals surface area contributed by atoms with E-state index in [9.17, 15) is 14.9 Å². The smallest absolute Gasteiger partial charge is 0.406 e. The fourth-order valence-corrected chi connectivity index (χ4v) is 0.860. The average molecular weight is 211 g/mol. The molecule has 0 saturated carbocycles. The van der Waals surface area contributed by atoms with Crippen LogP contribution in [-0.4, -0.2) is 21.9 Å². The van der Waals surface area contributed by atoms with Crippen molar-refractivity contribution in [3.63, 3.8) is 0 Å². The summed E-state index contributed by atoms with van der Waals surface area (Å²) in [6, 6.07) is 2.82. The first-order chi connectivity index (χ1) is 7.02. The summed E-state index contributed by atoms with van der Waals surface area (Å²) in [7, 11) is 0. The number of amides is 1. The first-order valence-electron chi connectivity index (χ1n) is 4.07. The van der Waals surface area contributed by atoms with Gasteiger partial charge in [0.1, 0.15) is 6.20 Å². The second kappa shape index (κ2) is 4.36. The van der Waals surface area contributed by atoms with Crippen molar-refractivity contribution in [1.29, 1.82) is 0 Å². The van der Waals surface area contributed by atoms with Gasteiger partial charge >= 0.3 is 5.82 Å². The van der Waals surface area contributed by atoms with Crippen LogP contribution in [0.15, 0.2) is 18.3 Å². The number of primary amides is 1. The van der Waals surface area contributed by atoms with E-state index in [-0.39, 0.29) is 5.75 Å². The van der Waals surface area contributed by atoms with Gasteiger partial charge in [-0.05, 0) is 29.0 Å². The Morgan fingerprint density at radius 1 is 1.73 bits per heavy atom. The second-order valence-electron chi connectivity index (χ2n) is 2.74. The quantitative estimate of drug-likeness (QED) is 0.566. The maximum absolute atomic E-state index is 10.7. The van der Waals surface area contributed by atoms with Crippen LogP contribution in [0.2, 0.25) is 0 Å². The van der Waals surface area contributed by atoms with E-state index in [0.29, 0.717) is 0 Å². The Morgan fingerprint density at radius 3 is 2.93 bits per heavy atom. The Kier molecular flexibility index (Phi) is 3.17. The van der Waals surface area contributed by atoms with Gasteiger partial charge in [0, 0.05) is 0 Å². The maximum atomic E-state index is 10.7. The van der Waals surface area contributed by atoms with Crippen molar-refractivity contribution in [2.75, 3.05) is 0 Å². The van der Waals surface area contributed by atoms with Crippen LogP contribution in [0.5, 0.6) is 5.75 Å². The topological polar surface area (TPSA) is 108 Å². The number of aromatic nitrogens is 1. The first-order valence-corrected chi connectivity index (χ1v) is 4.07. The number of nitro groups is 1. The molecule has 80 valence electrons. The summed E-state index contributed by atoms with van der Waals surface area (Å²) in [4.78, 5) is 24.0. The summed E-state index contributed by atoms with van der Waals surface area (Å²) in [5.74, 6) is -1.22. The molecule has 0 spiro atoms. The van der Waals surface area contributed by atoms with Gasteiger partial charge in [-0.15, -0.1) is 0 Å². The van der Waals surface area contributed by atoms with E-state index >= 15 is 0 Å². The second-order valence-corrected chi connectivity index (χ2v) is 2.74. The largest absolute Gasteiger partial charge is 0.473 e. The summed E-state index contributed by atoms with van der Waals surface area (Å²) in [5.41, 5.74) is 4.96. The Bertz CT molecular complexity index is 393. The highest BCUT2D eigenvalue weighted by Crippen LogP contribution is 2.23. The normalized spacial score (nSPS) is 11.8. The molecule has 0 fully saturated rings. The van der Waals surface area contributed by atoms with E-state index in [1.807, 2.05) is 0 Å². The van der Waals surface area contributed by atoms with Crippen LogP contribution in [0.4, 0.5) is 5.82 Å². The van der Waals surface area contributed by atoms with E-state index < -0.39 is 22.8 Å². The third-order valence-electron chi connectivity index (χ3n) is 1.63. The van der Waals surface area contributed by atoms with E-state index in [1.54, 1.807) is 0 Å². The molecule has 1 aromatic rings. The lowest BCUT2D eigenvalue weighted by Crippen LogP contribution is -2.30. The number of ether oxygens (including phenoxy) is 1. The third-order valence-corrected chi connectivity index (χ3v) is 1.63. The summed E-state index contributed by atoms with van der Waals surface area (Å²) in [6.07, 6.45) is 0.327. The molecular formula is C8H9N3O4. The summed E-state index contributed by atoms with van der Waals surface area (Å²) >= 11 is 0. The van der Waals surface area contributed by atoms with Crippen LogP contribution in [0, 0.1) is 10.1 Å². The van der Waals surface area contributed by atoms with Crippen molar-refractivity contribution in [3.05, 3.63) is 28.4 Å². The molecule has 0 aliphatic heterocycles. The Morgan fingerprint density at radius 2 is 2.40 bits per heavy atom. The molecule has 1 rings (SSSR count). The molecule has 0 aliphatic rings. The van der Waals surface area contributed by atoms with Gasteiger partial charge in [0.05, 0.1) is 0 Å². The number of carbonyl (C=O) groups excluding carboxylic acids is 1. The third kappa shape index (κ3) is 2.63. The van der Waals surface area contributed by atoms with Crippen molar-refractivity contribution in [3.8, 4) is 5.75 Å². The predicted molar refractivity (Wildman–Crippen MR) is 50.2 cm³/mol. The molecule has 1 amide bonds. The standard InChI is InChI=1S/C8H9N3O4/c1-5(7(9)12)15-6-3-2-4-10-8(6)11(13)14/h2-5H,1H3,(H2,9,12). The molecule has 1 heterocycles. The fourth-order valence-electron chi connectivity index (χ4n) is 0.860. The first kappa shape index (κ1) is 10.9. The summed E-state index contributed by atoms with van der Waals surface area (Å²) in [6.45, 7) is 1.40. The fraction of sp³-hybridized carbons (Fsp3) is 0.250. The van der Waals surface area contributed by atoms with Crippen LogP contribution in [-0.2, 0) is 4.79 Å². The molecule has 1 aromatic heterocycles. The number of hydrogen-bond acceptors (Lipinski definition) is 5. The number of nitrogens with zero attached hydrogens (tertiary/aromatic N) is 2. The molecule has 0 aliphatic carbocycles. The molecule has 1 unspecified atom stereocenters. The molecule has 0 saturated heterocycles. The van der Waals surface area contributed by atoms with Crippen LogP contribution in [0.1, 0.15) is 6.92 Å². The lowest BCUT2D eigenvalue weighted by atomic mass is 10.3. The number of hydrogen-bond donors (Lipinski definition) is 1. The monoisotopic (exact) mass is 211 g/mol. The highest BCUT2D eigenvalue weighted by molar-refractivity contribution is 5.78. The van der Waals surface area contributed by atoms with E-state index in [1.165, 1.54) is 25.3 Å². The molecule has 2 N–H and O–H groups in total. The number of rotatable bonds is 4. The van der Waals surface area contributed by atoms with Crippen molar-refractivity contribution >= 4 is 11.7 Å². The lowest BCUT2D eigenvalue weighted by Gasteiger charge is -2.10. The van der Waals surface area contributed by atoms with Crippen LogP contribution < -0.4 is 10.5 Å². The minimum absolute atomic E-state index is 0.0752. The summed E-state index contributed by atoms with van der Waals surface area (Å²) < 4.78 is 4.99. The Hall–Kier alpha value is -2.18. The minimum atomic E-state index is -0.937. The van der Waals surface area contributed by atoms with Gasteiger partial charge in [-0.2, -0.15) is 0 Å². The molecule has 7 nitrogen and oxygen atoms in total. The Balaban J connectivity index is 2.94. The number of pyridine rings is 1. The van der Waals surface area contributed by atoms with Gasteiger partial charge in [0.2, 0.25) is 5.75 Å². The lowest BCUT2D eigenvalue weighted by molar-refractivity contribution is -0.390. The van der Waals surface area contributed by atoms with Crippen molar-refractivity contribution in [2.45, 2.75) is 13.0 Å². The van der Waals surface area contributed by atoms with E-state index in [2.05, 4.69) is 4.98 Å². The van der Waals surface area contributed by atoms with Crippen LogP contribution >= 0.6 is 0 Å². The molecule has 0 aromatic carbocycles.